The second-order valence-electron chi connectivity index (χ2n) is 5.95. The number of allylic oxidation sites excluding steroid dienone is 2. The summed E-state index contributed by atoms with van der Waals surface area (Å²) < 4.78 is 5.01. The third-order valence-corrected chi connectivity index (χ3v) is 4.21. The molecule has 0 aliphatic heterocycles. The number of methoxy groups -OCH3 is 1. The maximum Gasteiger partial charge on any atom is 0.270 e. The first-order chi connectivity index (χ1) is 12.5. The fraction of sp³-hybridized carbons (Fsp3) is 0.150. The molecule has 3 rings (SSSR count). The molecule has 26 heavy (non-hydrogen) atoms. The van der Waals surface area contributed by atoms with Gasteiger partial charge in [0, 0.05) is 23.3 Å². The number of phenols is 1. The van der Waals surface area contributed by atoms with E-state index in [0.717, 1.165) is 0 Å². The van der Waals surface area contributed by atoms with E-state index in [1.807, 2.05) is 0 Å². The highest BCUT2D eigenvalue weighted by Crippen LogP contribution is 2.32. The van der Waals surface area contributed by atoms with Crippen LogP contribution in [0.5, 0.6) is 11.5 Å². The summed E-state index contributed by atoms with van der Waals surface area (Å²) in [6.07, 6.45) is 4.61. The Bertz CT molecular complexity index is 943. The van der Waals surface area contributed by atoms with E-state index in [2.05, 4.69) is 0 Å². The van der Waals surface area contributed by atoms with E-state index in [9.17, 15) is 20.0 Å². The van der Waals surface area contributed by atoms with Gasteiger partial charge in [-0.25, -0.2) is 0 Å². The highest BCUT2D eigenvalue weighted by Gasteiger charge is 2.23. The van der Waals surface area contributed by atoms with Gasteiger partial charge in [-0.3, -0.25) is 14.9 Å². The molecule has 0 radical (unpaired) electrons. The van der Waals surface area contributed by atoms with Gasteiger partial charge in [-0.05, 0) is 48.3 Å². The number of rotatable bonds is 4. The highest BCUT2D eigenvalue weighted by atomic mass is 16.6. The Hall–Kier alpha value is -3.41. The average Bonchev–Trinajstić information content (AvgIpc) is 2.95. The number of carbonyl (C=O) groups is 1. The Labute approximate surface area is 150 Å². The number of hydrogen-bond donors (Lipinski definition) is 1. The summed E-state index contributed by atoms with van der Waals surface area (Å²) in [5, 5.41) is 20.7. The van der Waals surface area contributed by atoms with E-state index < -0.39 is 4.92 Å². The van der Waals surface area contributed by atoms with Crippen LogP contribution in [-0.2, 0) is 4.79 Å². The van der Waals surface area contributed by atoms with Crippen LogP contribution in [-0.4, -0.2) is 22.9 Å². The third kappa shape index (κ3) is 3.64. The second kappa shape index (κ2) is 7.23. The minimum atomic E-state index is -0.458. The van der Waals surface area contributed by atoms with Gasteiger partial charge in [-0.1, -0.05) is 18.2 Å². The quantitative estimate of drug-likeness (QED) is 0.508. The number of nitro groups is 1. The zero-order valence-electron chi connectivity index (χ0n) is 14.1. The van der Waals surface area contributed by atoms with E-state index in [1.54, 1.807) is 42.5 Å². The molecule has 2 aromatic carbocycles. The Morgan fingerprint density at radius 3 is 2.31 bits per heavy atom. The standard InChI is InChI=1S/C20H17NO5/c1-26-19-8-5-14(12-18(19)22)10-16-7-6-15(20(16)23)9-13-3-2-4-17(11-13)21(24)25/h2-5,8-12,22H,6-7H2,1H3. The molecule has 1 fully saturated rings. The van der Waals surface area contributed by atoms with Crippen LogP contribution in [0.1, 0.15) is 24.0 Å². The molecular formula is C20H17NO5. The van der Waals surface area contributed by atoms with Gasteiger partial charge in [0.1, 0.15) is 0 Å². The second-order valence-corrected chi connectivity index (χ2v) is 5.95. The lowest BCUT2D eigenvalue weighted by molar-refractivity contribution is -0.384. The Balaban J connectivity index is 1.84. The number of ketones is 1. The number of hydrogen-bond acceptors (Lipinski definition) is 5. The minimum absolute atomic E-state index is 0.00531. The molecule has 0 amide bonds. The third-order valence-electron chi connectivity index (χ3n) is 4.21. The van der Waals surface area contributed by atoms with E-state index in [1.165, 1.54) is 19.2 Å². The average molecular weight is 351 g/mol. The van der Waals surface area contributed by atoms with Gasteiger partial charge in [-0.2, -0.15) is 0 Å². The lowest BCUT2D eigenvalue weighted by Gasteiger charge is -2.04. The Morgan fingerprint density at radius 2 is 1.73 bits per heavy atom. The molecule has 1 saturated carbocycles. The predicted octanol–water partition coefficient (Wildman–Crippen LogP) is 4.14. The van der Waals surface area contributed by atoms with Crippen LogP contribution >= 0.6 is 0 Å². The molecule has 0 bridgehead atoms. The summed E-state index contributed by atoms with van der Waals surface area (Å²) in [7, 11) is 1.47. The molecule has 1 aliphatic carbocycles. The number of ether oxygens (including phenoxy) is 1. The number of Topliss-reactive ketones (excluding diaryl/α,β-unsaturated/α-hetero) is 1. The van der Waals surface area contributed by atoms with Crippen molar-refractivity contribution in [1.29, 1.82) is 0 Å². The van der Waals surface area contributed by atoms with Crippen molar-refractivity contribution in [3.63, 3.8) is 0 Å². The fourth-order valence-electron chi connectivity index (χ4n) is 2.91. The maximum atomic E-state index is 12.6. The largest absolute Gasteiger partial charge is 0.504 e. The summed E-state index contributed by atoms with van der Waals surface area (Å²) in [4.78, 5) is 23.0. The van der Waals surface area contributed by atoms with Crippen molar-refractivity contribution in [2.45, 2.75) is 12.8 Å². The number of nitrogens with zero attached hydrogens (tertiary/aromatic N) is 1. The monoisotopic (exact) mass is 351 g/mol. The zero-order chi connectivity index (χ0) is 18.7. The van der Waals surface area contributed by atoms with Crippen LogP contribution < -0.4 is 4.74 Å². The Kier molecular flexibility index (Phi) is 4.84. The first kappa shape index (κ1) is 17.4. The van der Waals surface area contributed by atoms with Crippen molar-refractivity contribution < 1.29 is 19.6 Å². The van der Waals surface area contributed by atoms with Crippen molar-refractivity contribution in [3.05, 3.63) is 74.9 Å². The maximum absolute atomic E-state index is 12.6. The number of phenolic OH excluding ortho intramolecular Hbond substituents is 1. The number of carbonyl (C=O) groups excluding carboxylic acids is 1. The van der Waals surface area contributed by atoms with Crippen molar-refractivity contribution >= 4 is 23.6 Å². The molecule has 6 nitrogen and oxygen atoms in total. The van der Waals surface area contributed by atoms with E-state index in [-0.39, 0.29) is 17.2 Å². The summed E-state index contributed by atoms with van der Waals surface area (Å²) in [6.45, 7) is 0. The minimum Gasteiger partial charge on any atom is -0.504 e. The molecule has 0 spiro atoms. The molecule has 0 heterocycles. The summed E-state index contributed by atoms with van der Waals surface area (Å²) in [5.41, 5.74) is 2.60. The lowest BCUT2D eigenvalue weighted by Crippen LogP contribution is -1.96. The smallest absolute Gasteiger partial charge is 0.270 e. The van der Waals surface area contributed by atoms with Gasteiger partial charge in [0.25, 0.3) is 5.69 Å². The molecule has 0 aromatic heterocycles. The van der Waals surface area contributed by atoms with E-state index in [0.29, 0.717) is 40.9 Å². The van der Waals surface area contributed by atoms with Gasteiger partial charge in [0.2, 0.25) is 0 Å². The molecule has 6 heteroatoms. The van der Waals surface area contributed by atoms with Gasteiger partial charge >= 0.3 is 0 Å². The van der Waals surface area contributed by atoms with Crippen LogP contribution in [0.3, 0.4) is 0 Å². The van der Waals surface area contributed by atoms with E-state index in [4.69, 9.17) is 4.74 Å². The molecule has 2 aromatic rings. The van der Waals surface area contributed by atoms with Gasteiger partial charge < -0.3 is 9.84 Å². The topological polar surface area (TPSA) is 89.7 Å². The number of aromatic hydroxyl groups is 1. The Morgan fingerprint density at radius 1 is 1.08 bits per heavy atom. The normalized spacial score (nSPS) is 17.0. The van der Waals surface area contributed by atoms with Crippen molar-refractivity contribution in [3.8, 4) is 11.5 Å². The van der Waals surface area contributed by atoms with Crippen LogP contribution in [0.2, 0.25) is 0 Å². The van der Waals surface area contributed by atoms with Crippen molar-refractivity contribution in [2.24, 2.45) is 0 Å². The van der Waals surface area contributed by atoms with Crippen LogP contribution in [0.25, 0.3) is 12.2 Å². The molecule has 1 aliphatic rings. The molecule has 1 N–H and O–H groups in total. The van der Waals surface area contributed by atoms with E-state index >= 15 is 0 Å². The molecule has 0 saturated heterocycles. The van der Waals surface area contributed by atoms with Crippen LogP contribution in [0, 0.1) is 10.1 Å². The molecule has 0 unspecified atom stereocenters. The van der Waals surface area contributed by atoms with Crippen molar-refractivity contribution in [2.75, 3.05) is 7.11 Å². The number of benzene rings is 2. The summed E-state index contributed by atoms with van der Waals surface area (Å²) in [6, 6.07) is 11.1. The molecule has 132 valence electrons. The highest BCUT2D eigenvalue weighted by molar-refractivity contribution is 6.15. The van der Waals surface area contributed by atoms with Crippen LogP contribution in [0.4, 0.5) is 5.69 Å². The summed E-state index contributed by atoms with van der Waals surface area (Å²) >= 11 is 0. The lowest BCUT2D eigenvalue weighted by atomic mass is 10.1. The molecule has 0 atom stereocenters. The van der Waals surface area contributed by atoms with Crippen molar-refractivity contribution in [1.82, 2.24) is 0 Å². The zero-order valence-corrected chi connectivity index (χ0v) is 14.1. The van der Waals surface area contributed by atoms with Gasteiger partial charge in [0.05, 0.1) is 12.0 Å². The molecular weight excluding hydrogens is 334 g/mol. The van der Waals surface area contributed by atoms with Crippen LogP contribution in [0.15, 0.2) is 53.6 Å². The summed E-state index contributed by atoms with van der Waals surface area (Å²) in [5.74, 6) is 0.308. The fourth-order valence-corrected chi connectivity index (χ4v) is 2.91. The number of non-ortho nitro benzene ring substituents is 1. The van der Waals surface area contributed by atoms with Gasteiger partial charge in [0.15, 0.2) is 17.3 Å². The first-order valence-corrected chi connectivity index (χ1v) is 8.05. The predicted molar refractivity (Wildman–Crippen MR) is 98.0 cm³/mol. The first-order valence-electron chi connectivity index (χ1n) is 8.05. The van der Waals surface area contributed by atoms with Gasteiger partial charge in [-0.15, -0.1) is 0 Å². The SMILES string of the molecule is COc1ccc(C=C2CCC(=Cc3cccc([N+](=O)[O-])c3)C2=O)cc1O. The number of nitro benzene ring substituents is 1.